The van der Waals surface area contributed by atoms with Crippen LogP contribution in [0.25, 0.3) is 0 Å². The minimum atomic E-state index is -1.50. The van der Waals surface area contributed by atoms with E-state index in [1.165, 1.54) is 0 Å². The molecule has 1 fully saturated rings. The Labute approximate surface area is 92.0 Å². The molecule has 1 heterocycles. The van der Waals surface area contributed by atoms with Crippen LogP contribution in [-0.2, 0) is 9.53 Å². The first-order chi connectivity index (χ1) is 7.51. The lowest BCUT2D eigenvalue weighted by Crippen LogP contribution is -2.64. The van der Waals surface area contributed by atoms with Gasteiger partial charge in [0.25, 0.3) is 0 Å². The molecule has 0 aromatic heterocycles. The molecule has 0 radical (unpaired) electrons. The van der Waals surface area contributed by atoms with Crippen molar-refractivity contribution in [1.82, 2.24) is 5.32 Å². The number of hydrogen-bond donors (Lipinski definition) is 5. The summed E-state index contributed by atoms with van der Waals surface area (Å²) in [5.74, 6) is -0.610. The molecule has 0 saturated carbocycles. The Bertz CT molecular complexity index is 271. The summed E-state index contributed by atoms with van der Waals surface area (Å²) in [5, 5.41) is 39.6. The molecule has 7 heteroatoms. The lowest BCUT2D eigenvalue weighted by atomic mass is 9.97. The summed E-state index contributed by atoms with van der Waals surface area (Å²) in [6, 6.07) is -1.16. The van der Waals surface area contributed by atoms with Gasteiger partial charge >= 0.3 is 0 Å². The number of carbonyl (C=O) groups excluding carboxylic acids is 1. The molecule has 5 atom stereocenters. The molecule has 5 N–H and O–H groups in total. The van der Waals surface area contributed by atoms with Crippen LogP contribution < -0.4 is 5.32 Å². The third kappa shape index (κ3) is 2.57. The number of aliphatic hydroxyl groups is 4. The van der Waals surface area contributed by atoms with Crippen molar-refractivity contribution in [2.75, 3.05) is 6.61 Å². The fourth-order valence-corrected chi connectivity index (χ4v) is 1.48. The molecule has 0 aliphatic carbocycles. The summed E-state index contributed by atoms with van der Waals surface area (Å²) >= 11 is 0. The zero-order valence-electron chi connectivity index (χ0n) is 8.48. The Hall–Kier alpha value is -0.990. The first-order valence-electron chi connectivity index (χ1n) is 4.74. The zero-order valence-corrected chi connectivity index (χ0v) is 8.48. The predicted octanol–water partition coefficient (Wildman–Crippen LogP) is -2.91. The third-order valence-corrected chi connectivity index (χ3v) is 2.39. The van der Waals surface area contributed by atoms with Crippen LogP contribution in [0.15, 0.2) is 12.7 Å². The van der Waals surface area contributed by atoms with Crippen molar-refractivity contribution >= 4 is 5.91 Å². The summed E-state index contributed by atoms with van der Waals surface area (Å²) in [6.45, 7) is 2.66. The third-order valence-electron chi connectivity index (χ3n) is 2.39. The molecule has 92 valence electrons. The zero-order chi connectivity index (χ0) is 12.3. The minimum absolute atomic E-state index is 0.544. The number of hydrogen-bond acceptors (Lipinski definition) is 6. The van der Waals surface area contributed by atoms with E-state index in [1.54, 1.807) is 0 Å². The second-order valence-corrected chi connectivity index (χ2v) is 3.47. The van der Waals surface area contributed by atoms with Crippen molar-refractivity contribution in [2.24, 2.45) is 0 Å². The SMILES string of the molecule is C=CC(=O)N[C@@H]1C(O)O[C@H](CO)[C@@H](O)[C@@H]1O. The number of ether oxygens (including phenoxy) is 1. The number of nitrogens with one attached hydrogen (secondary N) is 1. The molecule has 16 heavy (non-hydrogen) atoms. The lowest BCUT2D eigenvalue weighted by Gasteiger charge is -2.40. The minimum Gasteiger partial charge on any atom is -0.394 e. The van der Waals surface area contributed by atoms with E-state index in [2.05, 4.69) is 11.9 Å². The maximum Gasteiger partial charge on any atom is 0.243 e. The van der Waals surface area contributed by atoms with Crippen molar-refractivity contribution in [1.29, 1.82) is 0 Å². The van der Waals surface area contributed by atoms with Gasteiger partial charge in [0, 0.05) is 0 Å². The second kappa shape index (κ2) is 5.37. The average Bonchev–Trinajstić information content (AvgIpc) is 2.28. The fourth-order valence-electron chi connectivity index (χ4n) is 1.48. The Morgan fingerprint density at radius 1 is 1.38 bits per heavy atom. The van der Waals surface area contributed by atoms with Gasteiger partial charge in [-0.1, -0.05) is 6.58 Å². The van der Waals surface area contributed by atoms with Crippen LogP contribution in [0.4, 0.5) is 0 Å². The molecule has 0 aromatic carbocycles. The molecular formula is C9H15NO6. The van der Waals surface area contributed by atoms with Crippen LogP contribution in [0.1, 0.15) is 0 Å². The Morgan fingerprint density at radius 2 is 2.00 bits per heavy atom. The van der Waals surface area contributed by atoms with Crippen molar-refractivity contribution in [2.45, 2.75) is 30.6 Å². The van der Waals surface area contributed by atoms with Gasteiger partial charge in [0.2, 0.25) is 5.91 Å². The molecule has 1 aliphatic heterocycles. The first-order valence-corrected chi connectivity index (χ1v) is 4.74. The largest absolute Gasteiger partial charge is 0.394 e. The molecule has 0 bridgehead atoms. The van der Waals surface area contributed by atoms with E-state index >= 15 is 0 Å². The molecule has 1 amide bonds. The number of aliphatic hydroxyl groups excluding tert-OH is 4. The quantitative estimate of drug-likeness (QED) is 0.333. The van der Waals surface area contributed by atoms with E-state index in [4.69, 9.17) is 9.84 Å². The summed E-state index contributed by atoms with van der Waals surface area (Å²) < 4.78 is 4.82. The average molecular weight is 233 g/mol. The molecule has 0 aromatic rings. The summed E-state index contributed by atoms with van der Waals surface area (Å²) in [7, 11) is 0. The van der Waals surface area contributed by atoms with E-state index in [-0.39, 0.29) is 0 Å². The number of amides is 1. The first kappa shape index (κ1) is 13.1. The Morgan fingerprint density at radius 3 is 2.50 bits per heavy atom. The highest BCUT2D eigenvalue weighted by atomic mass is 16.6. The van der Waals surface area contributed by atoms with E-state index in [9.17, 15) is 20.1 Å². The summed E-state index contributed by atoms with van der Waals surface area (Å²) in [5.41, 5.74) is 0. The van der Waals surface area contributed by atoms with Gasteiger partial charge in [-0.3, -0.25) is 4.79 Å². The van der Waals surface area contributed by atoms with Crippen LogP contribution in [0, 0.1) is 0 Å². The van der Waals surface area contributed by atoms with Gasteiger partial charge in [0.05, 0.1) is 6.61 Å². The van der Waals surface area contributed by atoms with Crippen molar-refractivity contribution in [3.63, 3.8) is 0 Å². The van der Waals surface area contributed by atoms with Crippen LogP contribution in [0.3, 0.4) is 0 Å². The van der Waals surface area contributed by atoms with Gasteiger partial charge in [-0.05, 0) is 6.08 Å². The van der Waals surface area contributed by atoms with Crippen LogP contribution in [0.5, 0.6) is 0 Å². The van der Waals surface area contributed by atoms with Crippen molar-refractivity contribution < 1.29 is 30.0 Å². The normalized spacial score (nSPS) is 39.1. The highest BCUT2D eigenvalue weighted by Gasteiger charge is 2.43. The van der Waals surface area contributed by atoms with E-state index in [1.807, 2.05) is 0 Å². The van der Waals surface area contributed by atoms with E-state index in [0.717, 1.165) is 6.08 Å². The molecule has 1 rings (SSSR count). The molecule has 7 nitrogen and oxygen atoms in total. The van der Waals surface area contributed by atoms with Crippen LogP contribution >= 0.6 is 0 Å². The fraction of sp³-hybridized carbons (Fsp3) is 0.667. The second-order valence-electron chi connectivity index (χ2n) is 3.47. The summed E-state index contributed by atoms with van der Waals surface area (Å²) in [4.78, 5) is 11.0. The molecular weight excluding hydrogens is 218 g/mol. The van der Waals surface area contributed by atoms with Crippen LogP contribution in [0.2, 0.25) is 0 Å². The van der Waals surface area contributed by atoms with Gasteiger partial charge in [-0.25, -0.2) is 0 Å². The monoisotopic (exact) mass is 233 g/mol. The van der Waals surface area contributed by atoms with Crippen molar-refractivity contribution in [3.05, 3.63) is 12.7 Å². The lowest BCUT2D eigenvalue weighted by molar-refractivity contribution is -0.253. The standard InChI is InChI=1S/C9H15NO6/c1-2-5(12)10-6-8(14)7(13)4(3-11)16-9(6)15/h2,4,6-9,11,13-15H,1,3H2,(H,10,12)/t4-,6+,7-,8-,9?/m1/s1. The Balaban J connectivity index is 2.71. The molecule has 1 unspecified atom stereocenters. The van der Waals surface area contributed by atoms with Gasteiger partial charge in [-0.15, -0.1) is 0 Å². The van der Waals surface area contributed by atoms with Gasteiger partial charge in [0.15, 0.2) is 6.29 Å². The highest BCUT2D eigenvalue weighted by Crippen LogP contribution is 2.19. The van der Waals surface area contributed by atoms with Gasteiger partial charge in [-0.2, -0.15) is 0 Å². The topological polar surface area (TPSA) is 119 Å². The summed E-state index contributed by atoms with van der Waals surface area (Å²) in [6.07, 6.45) is -4.43. The maximum absolute atomic E-state index is 11.0. The van der Waals surface area contributed by atoms with Crippen LogP contribution in [-0.4, -0.2) is 63.6 Å². The molecule has 1 aliphatic rings. The highest BCUT2D eigenvalue weighted by molar-refractivity contribution is 5.87. The maximum atomic E-state index is 11.0. The smallest absolute Gasteiger partial charge is 0.243 e. The van der Waals surface area contributed by atoms with E-state index < -0.39 is 43.2 Å². The molecule has 1 saturated heterocycles. The van der Waals surface area contributed by atoms with Crippen molar-refractivity contribution in [3.8, 4) is 0 Å². The number of rotatable bonds is 3. The van der Waals surface area contributed by atoms with E-state index in [0.29, 0.717) is 0 Å². The predicted molar refractivity (Wildman–Crippen MR) is 52.1 cm³/mol. The van der Waals surface area contributed by atoms with Gasteiger partial charge in [0.1, 0.15) is 24.4 Å². The molecule has 0 spiro atoms. The number of carbonyl (C=O) groups is 1. The van der Waals surface area contributed by atoms with Gasteiger partial charge < -0.3 is 30.5 Å². The Kier molecular flexibility index (Phi) is 4.39.